The van der Waals surface area contributed by atoms with Gasteiger partial charge in [-0.2, -0.15) is 15.1 Å². The smallest absolute Gasteiger partial charge is 0.400 e. The molecule has 2 fully saturated rings. The van der Waals surface area contributed by atoms with Crippen molar-refractivity contribution in [2.75, 3.05) is 67.8 Å². The second kappa shape index (κ2) is 8.84. The summed E-state index contributed by atoms with van der Waals surface area (Å²) in [6, 6.07) is 4.57. The molecular formula is C17H21N7O5. The predicted octanol–water partition coefficient (Wildman–Crippen LogP) is 1.10. The van der Waals surface area contributed by atoms with E-state index in [1.54, 1.807) is 0 Å². The third kappa shape index (κ3) is 4.78. The molecule has 2 saturated heterocycles. The van der Waals surface area contributed by atoms with Crippen molar-refractivity contribution in [1.29, 1.82) is 0 Å². The number of hydrogen-bond donors (Lipinski definition) is 1. The monoisotopic (exact) mass is 403 g/mol. The van der Waals surface area contributed by atoms with Crippen molar-refractivity contribution in [1.82, 2.24) is 9.97 Å². The fourth-order valence-electron chi connectivity index (χ4n) is 3.01. The number of anilines is 3. The maximum absolute atomic E-state index is 10.7. The molecule has 2 aliphatic heterocycles. The normalized spacial score (nSPS) is 17.7. The van der Waals surface area contributed by atoms with Gasteiger partial charge in [0.25, 0.3) is 0 Å². The number of aromatic nitrogens is 2. The molecule has 0 atom stereocenters. The van der Waals surface area contributed by atoms with Gasteiger partial charge in [-0.25, -0.2) is 0 Å². The Morgan fingerprint density at radius 1 is 1.07 bits per heavy atom. The van der Waals surface area contributed by atoms with Crippen LogP contribution in [0.3, 0.4) is 0 Å². The summed E-state index contributed by atoms with van der Waals surface area (Å²) < 4.78 is 15.9. The highest BCUT2D eigenvalue weighted by atomic mass is 16.6. The lowest BCUT2D eigenvalue weighted by Crippen LogP contribution is -2.39. The van der Waals surface area contributed by atoms with Crippen molar-refractivity contribution >= 4 is 29.7 Å². The molecule has 2 aromatic rings. The first-order chi connectivity index (χ1) is 14.2. The van der Waals surface area contributed by atoms with E-state index in [1.807, 2.05) is 6.07 Å². The fraction of sp³-hybridized carbons (Fsp3) is 0.471. The van der Waals surface area contributed by atoms with Crippen molar-refractivity contribution in [2.45, 2.75) is 0 Å². The molecule has 154 valence electrons. The minimum Gasteiger partial charge on any atom is -0.400 e. The first-order valence-corrected chi connectivity index (χ1v) is 9.27. The molecule has 2 aromatic heterocycles. The zero-order chi connectivity index (χ0) is 20.1. The van der Waals surface area contributed by atoms with Crippen molar-refractivity contribution in [2.24, 2.45) is 5.10 Å². The summed E-state index contributed by atoms with van der Waals surface area (Å²) in [5.41, 5.74) is 2.86. The van der Waals surface area contributed by atoms with E-state index < -0.39 is 4.92 Å². The molecule has 12 heteroatoms. The van der Waals surface area contributed by atoms with Gasteiger partial charge in [-0.05, 0) is 6.07 Å². The lowest BCUT2D eigenvalue weighted by molar-refractivity contribution is -0.402. The van der Waals surface area contributed by atoms with Crippen LogP contribution in [0.1, 0.15) is 5.76 Å². The van der Waals surface area contributed by atoms with Crippen molar-refractivity contribution in [3.05, 3.63) is 34.1 Å². The van der Waals surface area contributed by atoms with E-state index in [0.717, 1.165) is 18.9 Å². The van der Waals surface area contributed by atoms with E-state index in [-0.39, 0.29) is 11.6 Å². The van der Waals surface area contributed by atoms with Gasteiger partial charge in [0.15, 0.2) is 11.6 Å². The highest BCUT2D eigenvalue weighted by Gasteiger charge is 2.19. The first-order valence-electron chi connectivity index (χ1n) is 9.27. The number of furan rings is 1. The van der Waals surface area contributed by atoms with Crippen LogP contribution in [0.2, 0.25) is 0 Å². The standard InChI is InChI=1S/C17H21N7O5/c25-24(26)16-2-1-13(29-16)12-18-21-14-11-15(22-3-7-27-8-4-22)20-17(19-14)23-5-9-28-10-6-23/h1-2,11-12H,3-10H2,(H,19,20,21)/b18-12-. The average Bonchev–Trinajstić information content (AvgIpc) is 3.24. The Kier molecular flexibility index (Phi) is 5.81. The Hall–Kier alpha value is -3.25. The topological polar surface area (TPSA) is 131 Å². The van der Waals surface area contributed by atoms with Gasteiger partial charge in [-0.15, -0.1) is 0 Å². The van der Waals surface area contributed by atoms with Gasteiger partial charge in [0.1, 0.15) is 10.7 Å². The molecule has 12 nitrogen and oxygen atoms in total. The van der Waals surface area contributed by atoms with Gasteiger partial charge >= 0.3 is 5.88 Å². The van der Waals surface area contributed by atoms with Crippen LogP contribution in [-0.4, -0.2) is 73.7 Å². The number of morpholine rings is 2. The van der Waals surface area contributed by atoms with E-state index in [4.69, 9.17) is 18.9 Å². The molecule has 0 aromatic carbocycles. The Morgan fingerprint density at radius 2 is 1.76 bits per heavy atom. The second-order valence-electron chi connectivity index (χ2n) is 6.41. The summed E-state index contributed by atoms with van der Waals surface area (Å²) >= 11 is 0. The summed E-state index contributed by atoms with van der Waals surface area (Å²) in [6.07, 6.45) is 1.36. The van der Waals surface area contributed by atoms with E-state index in [9.17, 15) is 10.1 Å². The maximum atomic E-state index is 10.7. The first kappa shape index (κ1) is 19.1. The zero-order valence-corrected chi connectivity index (χ0v) is 15.7. The molecule has 4 heterocycles. The Labute approximate surface area is 166 Å². The molecule has 0 radical (unpaired) electrons. The Balaban J connectivity index is 1.53. The van der Waals surface area contributed by atoms with Gasteiger partial charge in [0.2, 0.25) is 5.95 Å². The highest BCUT2D eigenvalue weighted by molar-refractivity contribution is 5.77. The number of nitrogens with one attached hydrogen (secondary N) is 1. The average molecular weight is 403 g/mol. The van der Waals surface area contributed by atoms with E-state index in [0.29, 0.717) is 51.3 Å². The van der Waals surface area contributed by atoms with Crippen LogP contribution >= 0.6 is 0 Å². The third-order valence-electron chi connectivity index (χ3n) is 4.49. The van der Waals surface area contributed by atoms with Crippen LogP contribution in [0.4, 0.5) is 23.5 Å². The van der Waals surface area contributed by atoms with Crippen LogP contribution in [0.5, 0.6) is 0 Å². The number of ether oxygens (including phenoxy) is 2. The summed E-state index contributed by atoms with van der Waals surface area (Å²) in [4.78, 5) is 23.6. The second-order valence-corrected chi connectivity index (χ2v) is 6.41. The molecule has 0 bridgehead atoms. The minimum absolute atomic E-state index is 0.264. The molecular weight excluding hydrogens is 382 g/mol. The van der Waals surface area contributed by atoms with Crippen LogP contribution in [0.15, 0.2) is 27.7 Å². The van der Waals surface area contributed by atoms with Crippen molar-refractivity contribution < 1.29 is 18.8 Å². The number of hydrazone groups is 1. The van der Waals surface area contributed by atoms with Crippen LogP contribution < -0.4 is 15.2 Å². The minimum atomic E-state index is -0.599. The molecule has 0 aliphatic carbocycles. The molecule has 1 N–H and O–H groups in total. The summed E-state index contributed by atoms with van der Waals surface area (Å²) in [7, 11) is 0. The zero-order valence-electron chi connectivity index (χ0n) is 15.7. The highest BCUT2D eigenvalue weighted by Crippen LogP contribution is 2.22. The van der Waals surface area contributed by atoms with Crippen molar-refractivity contribution in [3.8, 4) is 0 Å². The van der Waals surface area contributed by atoms with E-state index >= 15 is 0 Å². The quantitative estimate of drug-likeness (QED) is 0.425. The molecule has 0 unspecified atom stereocenters. The Bertz CT molecular complexity index is 839. The fourth-order valence-corrected chi connectivity index (χ4v) is 3.01. The van der Waals surface area contributed by atoms with E-state index in [1.165, 1.54) is 18.3 Å². The lowest BCUT2D eigenvalue weighted by atomic mass is 10.4. The van der Waals surface area contributed by atoms with Gasteiger partial charge in [0.05, 0.1) is 38.7 Å². The maximum Gasteiger partial charge on any atom is 0.433 e. The summed E-state index contributed by atoms with van der Waals surface area (Å²) in [5.74, 6) is 1.83. The molecule has 4 rings (SSSR count). The Morgan fingerprint density at radius 3 is 2.41 bits per heavy atom. The van der Waals surface area contributed by atoms with Crippen LogP contribution in [0.25, 0.3) is 0 Å². The number of hydrogen-bond acceptors (Lipinski definition) is 11. The molecule has 0 spiro atoms. The SMILES string of the molecule is O=[N+]([O-])c1ccc(/C=N\Nc2cc(N3CCOCC3)nc(N3CCOCC3)n2)o1. The molecule has 0 amide bonds. The molecule has 29 heavy (non-hydrogen) atoms. The van der Waals surface area contributed by atoms with Crippen LogP contribution in [0, 0.1) is 10.1 Å². The summed E-state index contributed by atoms with van der Waals surface area (Å²) in [5, 5.41) is 14.8. The van der Waals surface area contributed by atoms with E-state index in [2.05, 4.69) is 25.3 Å². The summed E-state index contributed by atoms with van der Waals surface area (Å²) in [6.45, 7) is 5.48. The predicted molar refractivity (Wildman–Crippen MR) is 105 cm³/mol. The van der Waals surface area contributed by atoms with Gasteiger partial charge in [-0.1, -0.05) is 0 Å². The largest absolute Gasteiger partial charge is 0.433 e. The van der Waals surface area contributed by atoms with Gasteiger partial charge in [-0.3, -0.25) is 15.5 Å². The van der Waals surface area contributed by atoms with Gasteiger partial charge < -0.3 is 23.7 Å². The van der Waals surface area contributed by atoms with Crippen LogP contribution in [-0.2, 0) is 9.47 Å². The molecule has 2 aliphatic rings. The number of nitrogens with zero attached hydrogens (tertiary/aromatic N) is 6. The van der Waals surface area contributed by atoms with Gasteiger partial charge in [0, 0.05) is 32.2 Å². The third-order valence-corrected chi connectivity index (χ3v) is 4.49. The molecule has 0 saturated carbocycles. The number of rotatable bonds is 6. The van der Waals surface area contributed by atoms with Crippen molar-refractivity contribution in [3.63, 3.8) is 0 Å². The lowest BCUT2D eigenvalue weighted by Gasteiger charge is -2.31. The number of nitro groups is 1.